The van der Waals surface area contributed by atoms with Gasteiger partial charge < -0.3 is 9.88 Å². The molecule has 1 heterocycles. The minimum atomic E-state index is -1.05. The van der Waals surface area contributed by atoms with Gasteiger partial charge in [-0.2, -0.15) is 0 Å². The Balaban J connectivity index is 1.75. The van der Waals surface area contributed by atoms with Crippen LogP contribution in [0.5, 0.6) is 0 Å². The van der Waals surface area contributed by atoms with Crippen molar-refractivity contribution in [3.8, 4) is 5.69 Å². The molecule has 0 saturated heterocycles. The first-order valence-corrected chi connectivity index (χ1v) is 6.48. The van der Waals surface area contributed by atoms with Crippen LogP contribution >= 0.6 is 0 Å². The topological polar surface area (TPSA) is 46.9 Å². The number of nitrogens with zero attached hydrogens (tertiary/aromatic N) is 2. The molecule has 0 unspecified atom stereocenters. The maximum Gasteiger partial charge on any atom is 0.255 e. The number of carbonyl (C=O) groups excluding carboxylic acids is 1. The molecule has 2 aromatic carbocycles. The standard InChI is InChI=1S/C16H11F2N3O/c17-14-6-1-11(9-15(14)18)16(22)20-12-2-4-13(5-3-12)21-8-7-19-10-21/h1-10H,(H,20,22). The van der Waals surface area contributed by atoms with E-state index < -0.39 is 17.5 Å². The summed E-state index contributed by atoms with van der Waals surface area (Å²) in [4.78, 5) is 15.9. The van der Waals surface area contributed by atoms with Gasteiger partial charge >= 0.3 is 0 Å². The van der Waals surface area contributed by atoms with Crippen LogP contribution in [0.3, 0.4) is 0 Å². The quantitative estimate of drug-likeness (QED) is 0.805. The van der Waals surface area contributed by atoms with Crippen LogP contribution in [-0.2, 0) is 0 Å². The summed E-state index contributed by atoms with van der Waals surface area (Å²) in [6, 6.07) is 10.1. The summed E-state index contributed by atoms with van der Waals surface area (Å²) in [6.07, 6.45) is 5.13. The van der Waals surface area contributed by atoms with Crippen LogP contribution in [-0.4, -0.2) is 15.5 Å². The highest BCUT2D eigenvalue weighted by atomic mass is 19.2. The van der Waals surface area contributed by atoms with Crippen molar-refractivity contribution in [2.45, 2.75) is 0 Å². The third kappa shape index (κ3) is 2.85. The average Bonchev–Trinajstić information content (AvgIpc) is 3.05. The second-order valence-electron chi connectivity index (χ2n) is 4.60. The fourth-order valence-corrected chi connectivity index (χ4v) is 1.97. The molecular formula is C16H11F2N3O. The van der Waals surface area contributed by atoms with E-state index in [0.29, 0.717) is 5.69 Å². The van der Waals surface area contributed by atoms with Gasteiger partial charge in [-0.05, 0) is 42.5 Å². The van der Waals surface area contributed by atoms with E-state index in [9.17, 15) is 13.6 Å². The summed E-state index contributed by atoms with van der Waals surface area (Å²) in [5, 5.41) is 2.62. The fraction of sp³-hybridized carbons (Fsp3) is 0. The second kappa shape index (κ2) is 5.77. The van der Waals surface area contributed by atoms with Crippen LogP contribution in [0.15, 0.2) is 61.2 Å². The lowest BCUT2D eigenvalue weighted by Crippen LogP contribution is -2.12. The summed E-state index contributed by atoms with van der Waals surface area (Å²) in [6.45, 7) is 0. The number of hydrogen-bond acceptors (Lipinski definition) is 2. The van der Waals surface area contributed by atoms with Crippen LogP contribution in [0, 0.1) is 11.6 Å². The van der Waals surface area contributed by atoms with E-state index in [1.165, 1.54) is 6.07 Å². The summed E-state index contributed by atoms with van der Waals surface area (Å²) in [5.74, 6) is -2.54. The number of hydrogen-bond donors (Lipinski definition) is 1. The molecule has 1 amide bonds. The molecule has 0 fully saturated rings. The normalized spacial score (nSPS) is 10.5. The van der Waals surface area contributed by atoms with E-state index in [1.54, 1.807) is 30.9 Å². The van der Waals surface area contributed by atoms with Crippen molar-refractivity contribution in [1.82, 2.24) is 9.55 Å². The van der Waals surface area contributed by atoms with E-state index in [4.69, 9.17) is 0 Å². The predicted octanol–water partition coefficient (Wildman–Crippen LogP) is 3.40. The summed E-state index contributed by atoms with van der Waals surface area (Å²) >= 11 is 0. The molecule has 0 aliphatic carbocycles. The van der Waals surface area contributed by atoms with Gasteiger partial charge in [-0.1, -0.05) is 0 Å². The lowest BCUT2D eigenvalue weighted by molar-refractivity contribution is 0.102. The van der Waals surface area contributed by atoms with Gasteiger partial charge in [0.05, 0.1) is 6.33 Å². The zero-order valence-electron chi connectivity index (χ0n) is 11.3. The third-order valence-corrected chi connectivity index (χ3v) is 3.11. The number of amides is 1. The summed E-state index contributed by atoms with van der Waals surface area (Å²) in [5.41, 5.74) is 1.50. The molecule has 0 atom stereocenters. The molecule has 0 saturated carbocycles. The number of nitrogens with one attached hydrogen (secondary N) is 1. The molecule has 3 aromatic rings. The molecule has 3 rings (SSSR count). The van der Waals surface area contributed by atoms with E-state index in [1.807, 2.05) is 16.7 Å². The molecule has 6 heteroatoms. The first-order chi connectivity index (χ1) is 10.6. The van der Waals surface area contributed by atoms with E-state index in [-0.39, 0.29) is 5.56 Å². The first-order valence-electron chi connectivity index (χ1n) is 6.48. The van der Waals surface area contributed by atoms with Crippen LogP contribution < -0.4 is 5.32 Å². The van der Waals surface area contributed by atoms with Gasteiger partial charge in [0.2, 0.25) is 0 Å². The minimum absolute atomic E-state index is 0.0533. The fourth-order valence-electron chi connectivity index (χ4n) is 1.97. The molecule has 110 valence electrons. The van der Waals surface area contributed by atoms with Crippen molar-refractivity contribution in [1.29, 1.82) is 0 Å². The molecule has 1 N–H and O–H groups in total. The molecule has 0 aliphatic rings. The van der Waals surface area contributed by atoms with Crippen molar-refractivity contribution in [2.75, 3.05) is 5.32 Å². The van der Waals surface area contributed by atoms with Gasteiger partial charge in [0.15, 0.2) is 11.6 Å². The number of aromatic nitrogens is 2. The SMILES string of the molecule is O=C(Nc1ccc(-n2ccnc2)cc1)c1ccc(F)c(F)c1. The number of carbonyl (C=O) groups is 1. The third-order valence-electron chi connectivity index (χ3n) is 3.11. The molecule has 0 bridgehead atoms. The molecule has 22 heavy (non-hydrogen) atoms. The number of rotatable bonds is 3. The maximum absolute atomic E-state index is 13.1. The Morgan fingerprint density at radius 2 is 1.82 bits per heavy atom. The Morgan fingerprint density at radius 1 is 1.05 bits per heavy atom. The minimum Gasteiger partial charge on any atom is -0.322 e. The van der Waals surface area contributed by atoms with Gasteiger partial charge in [0, 0.05) is 29.3 Å². The van der Waals surface area contributed by atoms with E-state index >= 15 is 0 Å². The molecule has 0 radical (unpaired) electrons. The first kappa shape index (κ1) is 13.9. The zero-order chi connectivity index (χ0) is 15.5. The summed E-state index contributed by atoms with van der Waals surface area (Å²) < 4.78 is 27.8. The molecule has 1 aromatic heterocycles. The summed E-state index contributed by atoms with van der Waals surface area (Å²) in [7, 11) is 0. The van der Waals surface area contributed by atoms with Crippen molar-refractivity contribution < 1.29 is 13.6 Å². The smallest absolute Gasteiger partial charge is 0.255 e. The van der Waals surface area contributed by atoms with Crippen LogP contribution in [0.2, 0.25) is 0 Å². The largest absolute Gasteiger partial charge is 0.322 e. The highest BCUT2D eigenvalue weighted by molar-refractivity contribution is 6.04. The number of anilines is 1. The number of halogens is 2. The lowest BCUT2D eigenvalue weighted by Gasteiger charge is -2.07. The van der Waals surface area contributed by atoms with E-state index in [0.717, 1.165) is 17.8 Å². The van der Waals surface area contributed by atoms with Crippen molar-refractivity contribution in [3.05, 3.63) is 78.4 Å². The Kier molecular flexibility index (Phi) is 3.65. The van der Waals surface area contributed by atoms with Crippen LogP contribution in [0.1, 0.15) is 10.4 Å². The molecular weight excluding hydrogens is 288 g/mol. The average molecular weight is 299 g/mol. The highest BCUT2D eigenvalue weighted by Crippen LogP contribution is 2.15. The van der Waals surface area contributed by atoms with Crippen LogP contribution in [0.4, 0.5) is 14.5 Å². The van der Waals surface area contributed by atoms with Gasteiger partial charge in [0.25, 0.3) is 5.91 Å². The highest BCUT2D eigenvalue weighted by Gasteiger charge is 2.10. The van der Waals surface area contributed by atoms with Crippen molar-refractivity contribution in [3.63, 3.8) is 0 Å². The van der Waals surface area contributed by atoms with Gasteiger partial charge in [-0.25, -0.2) is 13.8 Å². The van der Waals surface area contributed by atoms with Gasteiger partial charge in [-0.15, -0.1) is 0 Å². The Labute approximate surface area is 125 Å². The second-order valence-corrected chi connectivity index (χ2v) is 4.60. The van der Waals surface area contributed by atoms with Crippen molar-refractivity contribution in [2.24, 2.45) is 0 Å². The Hall–Kier alpha value is -3.02. The zero-order valence-corrected chi connectivity index (χ0v) is 11.3. The van der Waals surface area contributed by atoms with Crippen molar-refractivity contribution >= 4 is 11.6 Å². The van der Waals surface area contributed by atoms with Gasteiger partial charge in [0.1, 0.15) is 0 Å². The lowest BCUT2D eigenvalue weighted by atomic mass is 10.2. The molecule has 0 aliphatic heterocycles. The van der Waals surface area contributed by atoms with Gasteiger partial charge in [-0.3, -0.25) is 4.79 Å². The molecule has 4 nitrogen and oxygen atoms in total. The number of benzene rings is 2. The monoisotopic (exact) mass is 299 g/mol. The Bertz CT molecular complexity index is 799. The Morgan fingerprint density at radius 3 is 2.45 bits per heavy atom. The van der Waals surface area contributed by atoms with E-state index in [2.05, 4.69) is 10.3 Å². The number of imidazole rings is 1. The van der Waals surface area contributed by atoms with Crippen LogP contribution in [0.25, 0.3) is 5.69 Å². The predicted molar refractivity (Wildman–Crippen MR) is 77.9 cm³/mol. The maximum atomic E-state index is 13.1. The molecule has 0 spiro atoms.